The normalized spacial score (nSPS) is 31.2. The van der Waals surface area contributed by atoms with E-state index in [1.165, 1.54) is 19.6 Å². The number of methoxy groups -OCH3 is 1. The van der Waals surface area contributed by atoms with Crippen molar-refractivity contribution in [3.8, 4) is 0 Å². The van der Waals surface area contributed by atoms with Crippen LogP contribution < -0.4 is 0 Å². The molecule has 0 aromatic carbocycles. The van der Waals surface area contributed by atoms with E-state index in [0.29, 0.717) is 24.9 Å². The predicted molar refractivity (Wildman–Crippen MR) is 129 cm³/mol. The summed E-state index contributed by atoms with van der Waals surface area (Å²) in [7, 11) is 1.29. The van der Waals surface area contributed by atoms with E-state index in [2.05, 4.69) is 31.6 Å². The smallest absolute Gasteiger partial charge is 0.306 e. The number of hydrogen-bond donors (Lipinski definition) is 1. The molecule has 0 saturated heterocycles. The lowest BCUT2D eigenvalue weighted by molar-refractivity contribution is -0.158. The lowest BCUT2D eigenvalue weighted by Gasteiger charge is -2.58. The number of ether oxygens (including phenoxy) is 3. The fraction of sp³-hybridized carbons (Fsp3) is 0.741. The van der Waals surface area contributed by atoms with Crippen molar-refractivity contribution in [1.82, 2.24) is 0 Å². The Morgan fingerprint density at radius 3 is 2.41 bits per heavy atom. The van der Waals surface area contributed by atoms with Crippen LogP contribution in [0.3, 0.4) is 0 Å². The summed E-state index contributed by atoms with van der Waals surface area (Å²) >= 11 is 0. The second kappa shape index (κ2) is 12.0. The minimum absolute atomic E-state index is 0.0137. The first kappa shape index (κ1) is 28.1. The van der Waals surface area contributed by atoms with Crippen LogP contribution in [0.5, 0.6) is 0 Å². The van der Waals surface area contributed by atoms with Gasteiger partial charge in [-0.05, 0) is 69.3 Å². The van der Waals surface area contributed by atoms with Crippen LogP contribution in [0.2, 0.25) is 0 Å². The number of hydrogen-bond acceptors (Lipinski definition) is 7. The maximum atomic E-state index is 11.8. The van der Waals surface area contributed by atoms with Gasteiger partial charge in [-0.2, -0.15) is 0 Å². The first-order valence-corrected chi connectivity index (χ1v) is 12.3. The second-order valence-electron chi connectivity index (χ2n) is 10.6. The predicted octanol–water partition coefficient (Wildman–Crippen LogP) is 4.52. The van der Waals surface area contributed by atoms with Crippen LogP contribution in [0, 0.1) is 22.7 Å². The topological polar surface area (TPSA) is 99.1 Å². The van der Waals surface area contributed by atoms with Crippen molar-refractivity contribution >= 4 is 17.9 Å². The van der Waals surface area contributed by atoms with Gasteiger partial charge in [-0.1, -0.05) is 31.1 Å². The van der Waals surface area contributed by atoms with Crippen molar-refractivity contribution in [2.45, 2.75) is 85.7 Å². The zero-order valence-electron chi connectivity index (χ0n) is 21.6. The third-order valence-electron chi connectivity index (χ3n) is 7.91. The summed E-state index contributed by atoms with van der Waals surface area (Å²) < 4.78 is 15.2. The molecule has 2 aliphatic rings. The molecule has 34 heavy (non-hydrogen) atoms. The number of carbonyl (C=O) groups is 3. The number of carbonyl (C=O) groups excluding carboxylic acids is 3. The van der Waals surface area contributed by atoms with Crippen molar-refractivity contribution < 1.29 is 33.7 Å². The molecule has 0 amide bonds. The summed E-state index contributed by atoms with van der Waals surface area (Å²) in [5, 5.41) is 10.8. The number of aliphatic hydroxyl groups is 1. The van der Waals surface area contributed by atoms with E-state index < -0.39 is 18.0 Å². The highest BCUT2D eigenvalue weighted by Gasteiger charge is 2.56. The molecule has 7 heteroatoms. The number of fused-ring (bicyclic) bond motifs is 1. The van der Waals surface area contributed by atoms with Gasteiger partial charge in [-0.3, -0.25) is 14.4 Å². The van der Waals surface area contributed by atoms with E-state index in [-0.39, 0.29) is 36.2 Å². The van der Waals surface area contributed by atoms with Gasteiger partial charge < -0.3 is 19.3 Å². The van der Waals surface area contributed by atoms with Gasteiger partial charge in [0.15, 0.2) is 0 Å². The molecule has 0 spiro atoms. The minimum Gasteiger partial charge on any atom is -0.469 e. The monoisotopic (exact) mass is 478 g/mol. The van der Waals surface area contributed by atoms with Gasteiger partial charge in [0.1, 0.15) is 6.61 Å². The highest BCUT2D eigenvalue weighted by atomic mass is 16.5. The Bertz CT molecular complexity index is 814. The Balaban J connectivity index is 2.01. The average molecular weight is 479 g/mol. The zero-order valence-corrected chi connectivity index (χ0v) is 21.6. The molecule has 0 heterocycles. The molecule has 0 unspecified atom stereocenters. The summed E-state index contributed by atoms with van der Waals surface area (Å²) in [6.45, 7) is 10.6. The molecule has 1 fully saturated rings. The number of esters is 3. The van der Waals surface area contributed by atoms with Crippen LogP contribution in [0.1, 0.15) is 79.6 Å². The molecular weight excluding hydrogens is 436 g/mol. The zero-order chi connectivity index (χ0) is 25.5. The number of allylic oxidation sites excluding steroid dienone is 3. The fourth-order valence-electron chi connectivity index (χ4n) is 6.22. The molecule has 2 aliphatic carbocycles. The Kier molecular flexibility index (Phi) is 9.92. The van der Waals surface area contributed by atoms with Gasteiger partial charge in [0.05, 0.1) is 32.7 Å². The van der Waals surface area contributed by atoms with E-state index in [1.807, 2.05) is 13.0 Å². The van der Waals surface area contributed by atoms with Crippen LogP contribution in [-0.4, -0.2) is 49.4 Å². The summed E-state index contributed by atoms with van der Waals surface area (Å²) in [6.07, 6.45) is 7.95. The maximum absolute atomic E-state index is 11.8. The van der Waals surface area contributed by atoms with E-state index in [9.17, 15) is 19.5 Å². The van der Waals surface area contributed by atoms with Crippen LogP contribution >= 0.6 is 0 Å². The lowest BCUT2D eigenvalue weighted by Crippen LogP contribution is -2.55. The molecule has 5 atom stereocenters. The number of aliphatic hydroxyl groups excluding tert-OH is 1. The van der Waals surface area contributed by atoms with Gasteiger partial charge in [0.2, 0.25) is 0 Å². The molecule has 1 N–H and O–H groups in total. The van der Waals surface area contributed by atoms with E-state index >= 15 is 0 Å². The molecule has 0 aromatic heterocycles. The van der Waals surface area contributed by atoms with Crippen LogP contribution in [-0.2, 0) is 28.6 Å². The van der Waals surface area contributed by atoms with Crippen molar-refractivity contribution in [3.05, 3.63) is 23.3 Å². The van der Waals surface area contributed by atoms with E-state index in [1.54, 1.807) is 0 Å². The molecule has 0 aromatic rings. The SMILES string of the molecule is COC(=O)CCC(=O)OC/C=C(\C)CC[C@H]1C(C)=CC[C@H]2[C@@](C)(COC(C)=O)C[C@H](O)C[C@]12C. The van der Waals surface area contributed by atoms with Crippen molar-refractivity contribution in [1.29, 1.82) is 0 Å². The first-order chi connectivity index (χ1) is 15.9. The Hall–Kier alpha value is -2.15. The van der Waals surface area contributed by atoms with E-state index in [0.717, 1.165) is 31.3 Å². The van der Waals surface area contributed by atoms with E-state index in [4.69, 9.17) is 9.47 Å². The highest BCUT2D eigenvalue weighted by Crippen LogP contribution is 2.60. The maximum Gasteiger partial charge on any atom is 0.306 e. The third-order valence-corrected chi connectivity index (χ3v) is 7.91. The molecular formula is C27H42O7. The lowest BCUT2D eigenvalue weighted by atomic mass is 9.47. The summed E-state index contributed by atoms with van der Waals surface area (Å²) in [4.78, 5) is 34.4. The standard InChI is InChI=1S/C27H42O7/c1-18(13-14-33-25(31)12-11-24(30)32-6)7-9-22-19(2)8-10-23-26(4,17-34-20(3)28)15-21(29)16-27(22,23)5/h8,13,21-23,29H,7,9-12,14-17H2,1-6H3/b18-13+/t21-,22-,23-,26+,27+/m0/s1. The Morgan fingerprint density at radius 2 is 1.76 bits per heavy atom. The van der Waals surface area contributed by atoms with Crippen molar-refractivity contribution in [2.75, 3.05) is 20.3 Å². The van der Waals surface area contributed by atoms with Gasteiger partial charge in [-0.25, -0.2) is 0 Å². The summed E-state index contributed by atoms with van der Waals surface area (Å²) in [5.74, 6) is -0.503. The molecule has 0 radical (unpaired) electrons. The van der Waals surface area contributed by atoms with Crippen molar-refractivity contribution in [3.63, 3.8) is 0 Å². The third kappa shape index (κ3) is 7.17. The molecule has 7 nitrogen and oxygen atoms in total. The quantitative estimate of drug-likeness (QED) is 0.280. The molecule has 1 saturated carbocycles. The van der Waals surface area contributed by atoms with Crippen molar-refractivity contribution in [2.24, 2.45) is 22.7 Å². The Morgan fingerprint density at radius 1 is 1.09 bits per heavy atom. The second-order valence-corrected chi connectivity index (χ2v) is 10.6. The highest BCUT2D eigenvalue weighted by molar-refractivity contribution is 5.77. The summed E-state index contributed by atoms with van der Waals surface area (Å²) in [6, 6.07) is 0. The average Bonchev–Trinajstić information content (AvgIpc) is 2.74. The van der Waals surface area contributed by atoms with Crippen LogP contribution in [0.25, 0.3) is 0 Å². The van der Waals surface area contributed by atoms with Gasteiger partial charge >= 0.3 is 17.9 Å². The molecule has 0 aliphatic heterocycles. The van der Waals surface area contributed by atoms with Crippen LogP contribution in [0.4, 0.5) is 0 Å². The van der Waals surface area contributed by atoms with Gasteiger partial charge in [0, 0.05) is 12.3 Å². The minimum atomic E-state index is -0.428. The fourth-order valence-corrected chi connectivity index (χ4v) is 6.22. The first-order valence-electron chi connectivity index (χ1n) is 12.3. The molecule has 0 bridgehead atoms. The summed E-state index contributed by atoms with van der Waals surface area (Å²) in [5.41, 5.74) is 2.13. The molecule has 192 valence electrons. The number of rotatable bonds is 10. The Labute approximate surface area is 203 Å². The molecule has 2 rings (SSSR count). The largest absolute Gasteiger partial charge is 0.469 e. The van der Waals surface area contributed by atoms with Gasteiger partial charge in [0.25, 0.3) is 0 Å². The van der Waals surface area contributed by atoms with Crippen LogP contribution in [0.15, 0.2) is 23.3 Å². The van der Waals surface area contributed by atoms with Gasteiger partial charge in [-0.15, -0.1) is 0 Å².